The number of nitrogens with one attached hydrogen (secondary N) is 1. The molecular formula is C21H25Cl2NO2. The first kappa shape index (κ1) is 19.3. The van der Waals surface area contributed by atoms with Crippen molar-refractivity contribution in [3.05, 3.63) is 56.3 Å². The van der Waals surface area contributed by atoms with Crippen LogP contribution in [0.5, 0.6) is 0 Å². The zero-order valence-electron chi connectivity index (χ0n) is 15.7. The number of hydrogen-bond donors (Lipinski definition) is 1. The van der Waals surface area contributed by atoms with Crippen molar-refractivity contribution in [3.63, 3.8) is 0 Å². The lowest BCUT2D eigenvalue weighted by Crippen LogP contribution is -2.35. The van der Waals surface area contributed by atoms with Crippen LogP contribution in [0.4, 0.5) is 0 Å². The van der Waals surface area contributed by atoms with Gasteiger partial charge in [0.15, 0.2) is 0 Å². The Morgan fingerprint density at radius 1 is 1.31 bits per heavy atom. The minimum atomic E-state index is -0.328. The number of benzene rings is 1. The van der Waals surface area contributed by atoms with Gasteiger partial charge < -0.3 is 10.1 Å². The Labute approximate surface area is 165 Å². The maximum Gasteiger partial charge on any atom is 0.336 e. The average molecular weight is 394 g/mol. The first-order chi connectivity index (χ1) is 12.3. The molecule has 2 aliphatic rings. The molecule has 1 N–H and O–H groups in total. The summed E-state index contributed by atoms with van der Waals surface area (Å²) in [6.45, 7) is 6.56. The first-order valence-corrected chi connectivity index (χ1v) is 9.79. The number of halogens is 2. The second-order valence-electron chi connectivity index (χ2n) is 7.78. The van der Waals surface area contributed by atoms with Crippen molar-refractivity contribution in [2.24, 2.45) is 5.41 Å². The van der Waals surface area contributed by atoms with Crippen LogP contribution in [0, 0.1) is 5.41 Å². The molecule has 3 nitrogen and oxygen atoms in total. The lowest BCUT2D eigenvalue weighted by Gasteiger charge is -2.41. The summed E-state index contributed by atoms with van der Waals surface area (Å²) in [6, 6.07) is 5.50. The molecule has 1 unspecified atom stereocenters. The average Bonchev–Trinajstić information content (AvgIpc) is 2.60. The molecule has 3 rings (SSSR count). The molecule has 0 saturated heterocycles. The zero-order chi connectivity index (χ0) is 19.1. The van der Waals surface area contributed by atoms with Gasteiger partial charge in [-0.15, -0.1) is 0 Å². The molecule has 1 aromatic carbocycles. The molecule has 1 heterocycles. The van der Waals surface area contributed by atoms with Crippen LogP contribution in [-0.4, -0.2) is 13.1 Å². The van der Waals surface area contributed by atoms with Crippen molar-refractivity contribution in [2.45, 2.75) is 52.4 Å². The van der Waals surface area contributed by atoms with Gasteiger partial charge in [0.2, 0.25) is 0 Å². The molecule has 1 aliphatic heterocycles. The van der Waals surface area contributed by atoms with Gasteiger partial charge in [0.05, 0.1) is 12.7 Å². The number of allylic oxidation sites excluding steroid dienone is 3. The molecule has 1 atom stereocenters. The second-order valence-corrected chi connectivity index (χ2v) is 8.59. The summed E-state index contributed by atoms with van der Waals surface area (Å²) in [5.74, 6) is -0.598. The van der Waals surface area contributed by atoms with Gasteiger partial charge in [-0.1, -0.05) is 50.0 Å². The summed E-state index contributed by atoms with van der Waals surface area (Å²) in [7, 11) is 1.42. The van der Waals surface area contributed by atoms with Gasteiger partial charge in [-0.25, -0.2) is 4.79 Å². The fourth-order valence-corrected chi connectivity index (χ4v) is 4.70. The van der Waals surface area contributed by atoms with Gasteiger partial charge in [0.1, 0.15) is 0 Å². The van der Waals surface area contributed by atoms with Crippen LogP contribution in [0.3, 0.4) is 0 Å². The van der Waals surface area contributed by atoms with Crippen LogP contribution in [0.15, 0.2) is 40.7 Å². The summed E-state index contributed by atoms with van der Waals surface area (Å²) >= 11 is 13.1. The van der Waals surface area contributed by atoms with Crippen molar-refractivity contribution in [1.29, 1.82) is 0 Å². The molecule has 0 fully saturated rings. The summed E-state index contributed by atoms with van der Waals surface area (Å²) < 4.78 is 5.14. The van der Waals surface area contributed by atoms with E-state index in [0.29, 0.717) is 22.0 Å². The lowest BCUT2D eigenvalue weighted by molar-refractivity contribution is -0.136. The van der Waals surface area contributed by atoms with E-state index in [9.17, 15) is 4.79 Å². The molecule has 5 heteroatoms. The van der Waals surface area contributed by atoms with Gasteiger partial charge in [0, 0.05) is 32.9 Å². The molecule has 0 spiro atoms. The monoisotopic (exact) mass is 393 g/mol. The van der Waals surface area contributed by atoms with Crippen molar-refractivity contribution >= 4 is 29.2 Å². The number of esters is 1. The van der Waals surface area contributed by atoms with Crippen LogP contribution >= 0.6 is 23.2 Å². The van der Waals surface area contributed by atoms with Crippen LogP contribution in [0.2, 0.25) is 10.0 Å². The van der Waals surface area contributed by atoms with Crippen molar-refractivity contribution in [2.75, 3.05) is 7.11 Å². The Hall–Kier alpha value is -1.45. The Morgan fingerprint density at radius 2 is 1.96 bits per heavy atom. The largest absolute Gasteiger partial charge is 0.466 e. The molecular weight excluding hydrogens is 369 g/mol. The van der Waals surface area contributed by atoms with Crippen molar-refractivity contribution < 1.29 is 9.53 Å². The minimum absolute atomic E-state index is 0.164. The molecule has 0 amide bonds. The maximum atomic E-state index is 12.7. The van der Waals surface area contributed by atoms with Gasteiger partial charge in [-0.2, -0.15) is 0 Å². The van der Waals surface area contributed by atoms with Gasteiger partial charge in [-0.05, 0) is 48.8 Å². The third-order valence-corrected chi connectivity index (χ3v) is 6.08. The van der Waals surface area contributed by atoms with Gasteiger partial charge >= 0.3 is 5.97 Å². The quantitative estimate of drug-likeness (QED) is 0.641. The Bertz CT molecular complexity index is 788. The number of carbonyl (C=O) groups is 1. The summed E-state index contributed by atoms with van der Waals surface area (Å²) in [6.07, 6.45) is 3.66. The first-order valence-electron chi connectivity index (χ1n) is 9.03. The van der Waals surface area contributed by atoms with Crippen LogP contribution < -0.4 is 5.32 Å². The Balaban J connectivity index is 2.26. The third kappa shape index (κ3) is 3.39. The normalized spacial score (nSPS) is 22.0. The van der Waals surface area contributed by atoms with E-state index in [0.717, 1.165) is 30.5 Å². The van der Waals surface area contributed by atoms with E-state index in [1.165, 1.54) is 18.4 Å². The molecule has 0 bridgehead atoms. The second kappa shape index (κ2) is 7.28. The Kier molecular flexibility index (Phi) is 5.41. The van der Waals surface area contributed by atoms with E-state index >= 15 is 0 Å². The molecule has 0 saturated carbocycles. The van der Waals surface area contributed by atoms with E-state index in [1.54, 1.807) is 0 Å². The molecule has 1 aliphatic carbocycles. The number of ether oxygens (including phenoxy) is 1. The highest BCUT2D eigenvalue weighted by Crippen LogP contribution is 2.51. The molecule has 0 aromatic heterocycles. The number of dihydropyridines is 1. The van der Waals surface area contributed by atoms with Crippen molar-refractivity contribution in [1.82, 2.24) is 5.32 Å². The SMILES string of the molecule is CCC1=C(C(=O)OC)C(c2c(Cl)cccc2Cl)C2=C(CCC(C)(C)C2)N1. The summed E-state index contributed by atoms with van der Waals surface area (Å²) in [4.78, 5) is 12.7. The predicted octanol–water partition coefficient (Wildman–Crippen LogP) is 5.98. The van der Waals surface area contributed by atoms with Crippen molar-refractivity contribution in [3.8, 4) is 0 Å². The number of methoxy groups -OCH3 is 1. The maximum absolute atomic E-state index is 12.7. The van der Waals surface area contributed by atoms with E-state index in [1.807, 2.05) is 25.1 Å². The van der Waals surface area contributed by atoms with Crippen LogP contribution in [0.1, 0.15) is 57.9 Å². The Morgan fingerprint density at radius 3 is 2.54 bits per heavy atom. The fraction of sp³-hybridized carbons (Fsp3) is 0.476. The topological polar surface area (TPSA) is 38.3 Å². The molecule has 26 heavy (non-hydrogen) atoms. The lowest BCUT2D eigenvalue weighted by atomic mass is 9.68. The predicted molar refractivity (Wildman–Crippen MR) is 106 cm³/mol. The van der Waals surface area contributed by atoms with Gasteiger partial charge in [0.25, 0.3) is 0 Å². The molecule has 0 radical (unpaired) electrons. The smallest absolute Gasteiger partial charge is 0.336 e. The van der Waals surface area contributed by atoms with Gasteiger partial charge in [-0.3, -0.25) is 0 Å². The van der Waals surface area contributed by atoms with E-state index in [-0.39, 0.29) is 17.3 Å². The third-order valence-electron chi connectivity index (χ3n) is 5.42. The molecule has 140 valence electrons. The summed E-state index contributed by atoms with van der Waals surface area (Å²) in [5, 5.41) is 4.68. The van der Waals surface area contributed by atoms with Crippen LogP contribution in [0.25, 0.3) is 0 Å². The van der Waals surface area contributed by atoms with Crippen LogP contribution in [-0.2, 0) is 9.53 Å². The van der Waals surface area contributed by atoms with E-state index in [2.05, 4.69) is 19.2 Å². The number of hydrogen-bond acceptors (Lipinski definition) is 3. The van der Waals surface area contributed by atoms with E-state index < -0.39 is 0 Å². The highest BCUT2D eigenvalue weighted by molar-refractivity contribution is 6.36. The van der Waals surface area contributed by atoms with E-state index in [4.69, 9.17) is 27.9 Å². The number of carbonyl (C=O) groups excluding carboxylic acids is 1. The zero-order valence-corrected chi connectivity index (χ0v) is 17.2. The standard InChI is InChI=1S/C21H25Cl2NO2/c1-5-15-19(20(25)26-4)17(18-13(22)7-6-8-14(18)23)12-11-21(2,3)10-9-16(12)24-15/h6-8,17,24H,5,9-11H2,1-4H3. The number of rotatable bonds is 3. The summed E-state index contributed by atoms with van der Waals surface area (Å²) in [5.41, 5.74) is 4.90. The minimum Gasteiger partial charge on any atom is -0.466 e. The highest BCUT2D eigenvalue weighted by atomic mass is 35.5. The molecule has 1 aromatic rings. The fourth-order valence-electron chi connectivity index (χ4n) is 4.09. The highest BCUT2D eigenvalue weighted by Gasteiger charge is 2.41.